The Kier molecular flexibility index (Phi) is 8.90. The topological polar surface area (TPSA) is 54.0 Å². The van der Waals surface area contributed by atoms with Crippen LogP contribution >= 0.6 is 11.6 Å². The maximum atomic E-state index is 11.6. The van der Waals surface area contributed by atoms with E-state index < -0.39 is 6.10 Å². The zero-order valence-corrected chi connectivity index (χ0v) is 21.6. The summed E-state index contributed by atoms with van der Waals surface area (Å²) in [6.07, 6.45) is 4.84. The number of carbonyl (C=O) groups is 1. The number of carbonyl (C=O) groups excluding carboxylic acids is 1. The molecule has 0 aromatic heterocycles. The van der Waals surface area contributed by atoms with Gasteiger partial charge in [-0.2, -0.15) is 0 Å². The lowest BCUT2D eigenvalue weighted by Crippen LogP contribution is -2.34. The summed E-state index contributed by atoms with van der Waals surface area (Å²) in [5.41, 5.74) is 4.28. The van der Waals surface area contributed by atoms with Gasteiger partial charge in [0, 0.05) is 17.9 Å². The van der Waals surface area contributed by atoms with E-state index in [4.69, 9.17) is 30.5 Å². The molecule has 3 aromatic rings. The van der Waals surface area contributed by atoms with Crippen LogP contribution < -0.4 is 4.74 Å². The lowest BCUT2D eigenvalue weighted by molar-refractivity contribution is -0.142. The highest BCUT2D eigenvalue weighted by atomic mass is 35.5. The van der Waals surface area contributed by atoms with Gasteiger partial charge in [-0.1, -0.05) is 66.2 Å². The van der Waals surface area contributed by atoms with Crippen LogP contribution in [0.15, 0.2) is 72.8 Å². The number of aldehydes is 1. The fourth-order valence-corrected chi connectivity index (χ4v) is 4.79. The Hall–Kier alpha value is -2.70. The summed E-state index contributed by atoms with van der Waals surface area (Å²) in [7, 11) is 0. The maximum Gasteiger partial charge on any atom is 0.148 e. The molecule has 1 aliphatic heterocycles. The number of benzene rings is 3. The lowest BCUT2D eigenvalue weighted by Gasteiger charge is -2.33. The minimum absolute atomic E-state index is 0.0597. The Bertz CT molecular complexity index is 1150. The summed E-state index contributed by atoms with van der Waals surface area (Å²) in [6, 6.07) is 24.2. The summed E-state index contributed by atoms with van der Waals surface area (Å²) in [5.74, 6) is 0.833. The first-order chi connectivity index (χ1) is 18.2. The molecule has 5 nitrogen and oxygen atoms in total. The van der Waals surface area contributed by atoms with Gasteiger partial charge in [-0.25, -0.2) is 0 Å². The number of rotatable bonds is 12. The molecular formula is C31H33ClO5. The third kappa shape index (κ3) is 7.65. The van der Waals surface area contributed by atoms with Gasteiger partial charge < -0.3 is 23.7 Å². The van der Waals surface area contributed by atoms with Crippen LogP contribution in [0.25, 0.3) is 0 Å². The summed E-state index contributed by atoms with van der Waals surface area (Å²) < 4.78 is 23.7. The van der Waals surface area contributed by atoms with Crippen LogP contribution in [0.1, 0.15) is 54.0 Å². The molecule has 1 saturated carbocycles. The zero-order valence-electron chi connectivity index (χ0n) is 20.9. The van der Waals surface area contributed by atoms with Gasteiger partial charge in [-0.15, -0.1) is 0 Å². The molecule has 6 heteroatoms. The van der Waals surface area contributed by atoms with Crippen molar-refractivity contribution in [3.8, 4) is 5.75 Å². The first-order valence-electron chi connectivity index (χ1n) is 13.0. The van der Waals surface area contributed by atoms with Crippen molar-refractivity contribution in [2.24, 2.45) is 0 Å². The average molecular weight is 521 g/mol. The number of halogens is 1. The molecule has 0 spiro atoms. The molecule has 1 aliphatic carbocycles. The molecule has 2 fully saturated rings. The molecule has 0 N–H and O–H groups in total. The van der Waals surface area contributed by atoms with E-state index in [2.05, 4.69) is 18.2 Å². The minimum atomic E-state index is -0.485. The molecule has 5 rings (SSSR count). The van der Waals surface area contributed by atoms with Crippen molar-refractivity contribution in [3.05, 3.63) is 100 Å². The second-order valence-electron chi connectivity index (χ2n) is 9.78. The van der Waals surface area contributed by atoms with Crippen molar-refractivity contribution < 1.29 is 23.7 Å². The molecule has 2 aliphatic rings. The maximum absolute atomic E-state index is 11.6. The van der Waals surface area contributed by atoms with E-state index in [0.717, 1.165) is 34.3 Å². The predicted octanol–water partition coefficient (Wildman–Crippen LogP) is 6.49. The number of ether oxygens (including phenoxy) is 4. The van der Waals surface area contributed by atoms with Crippen LogP contribution in [-0.4, -0.2) is 37.8 Å². The molecule has 3 unspecified atom stereocenters. The second kappa shape index (κ2) is 12.7. The van der Waals surface area contributed by atoms with Gasteiger partial charge >= 0.3 is 0 Å². The normalized spacial score (nSPS) is 21.5. The van der Waals surface area contributed by atoms with Crippen molar-refractivity contribution in [3.63, 3.8) is 0 Å². The molecular weight excluding hydrogens is 488 g/mol. The van der Waals surface area contributed by atoms with Gasteiger partial charge in [0.25, 0.3) is 0 Å². The van der Waals surface area contributed by atoms with E-state index in [1.54, 1.807) is 0 Å². The van der Waals surface area contributed by atoms with Gasteiger partial charge in [0.05, 0.1) is 31.5 Å². The molecule has 0 bridgehead atoms. The Balaban J connectivity index is 1.20. The van der Waals surface area contributed by atoms with Gasteiger partial charge in [0.1, 0.15) is 24.7 Å². The second-order valence-corrected chi connectivity index (χ2v) is 10.2. The van der Waals surface area contributed by atoms with Crippen LogP contribution in [-0.2, 0) is 32.0 Å². The van der Waals surface area contributed by atoms with E-state index in [-0.39, 0.29) is 12.2 Å². The van der Waals surface area contributed by atoms with E-state index in [0.29, 0.717) is 50.2 Å². The van der Waals surface area contributed by atoms with E-state index in [1.807, 2.05) is 54.6 Å². The fourth-order valence-electron chi connectivity index (χ4n) is 4.61. The van der Waals surface area contributed by atoms with E-state index >= 15 is 0 Å². The Morgan fingerprint density at radius 1 is 0.865 bits per heavy atom. The fraction of sp³-hybridized carbons (Fsp3) is 0.387. The van der Waals surface area contributed by atoms with Crippen LogP contribution in [0.4, 0.5) is 0 Å². The Morgan fingerprint density at radius 2 is 1.68 bits per heavy atom. The molecule has 0 radical (unpaired) electrons. The van der Waals surface area contributed by atoms with E-state index in [9.17, 15) is 4.79 Å². The molecule has 194 valence electrons. The minimum Gasteiger partial charge on any atom is -0.491 e. The van der Waals surface area contributed by atoms with Crippen molar-refractivity contribution in [1.82, 2.24) is 0 Å². The van der Waals surface area contributed by atoms with Gasteiger partial charge in [0.2, 0.25) is 0 Å². The van der Waals surface area contributed by atoms with Crippen LogP contribution in [0.3, 0.4) is 0 Å². The standard InChI is InChI=1S/C31H33ClO5/c32-30-13-8-24(31-19-28(18-29(20-33)37-31)36-21-23-4-2-1-3-5-23)17-25(30)16-22-6-9-26(10-7-22)34-14-15-35-27-11-12-27/h1-10,13,17,20,27-29,31H,11-12,14-16,18-19,21H2. The summed E-state index contributed by atoms with van der Waals surface area (Å²) in [6.45, 7) is 1.70. The Labute approximate surface area is 223 Å². The lowest BCUT2D eigenvalue weighted by atomic mass is 9.94. The first-order valence-corrected chi connectivity index (χ1v) is 13.4. The van der Waals surface area contributed by atoms with Gasteiger partial charge in [0.15, 0.2) is 0 Å². The molecule has 1 saturated heterocycles. The molecule has 37 heavy (non-hydrogen) atoms. The van der Waals surface area contributed by atoms with Crippen molar-refractivity contribution in [2.75, 3.05) is 13.2 Å². The SMILES string of the molecule is O=CC1CC(OCc2ccccc2)CC(c2ccc(Cl)c(Cc3ccc(OCCOC4CC4)cc3)c2)O1. The molecule has 3 atom stereocenters. The first kappa shape index (κ1) is 25.9. The highest BCUT2D eigenvalue weighted by molar-refractivity contribution is 6.31. The Morgan fingerprint density at radius 3 is 2.43 bits per heavy atom. The highest BCUT2D eigenvalue weighted by Gasteiger charge is 2.31. The molecule has 0 amide bonds. The average Bonchev–Trinajstić information content (AvgIpc) is 3.77. The van der Waals surface area contributed by atoms with Crippen LogP contribution in [0.2, 0.25) is 5.02 Å². The van der Waals surface area contributed by atoms with E-state index in [1.165, 1.54) is 12.8 Å². The van der Waals surface area contributed by atoms with Crippen LogP contribution in [0, 0.1) is 0 Å². The summed E-state index contributed by atoms with van der Waals surface area (Å²) in [4.78, 5) is 11.6. The van der Waals surface area contributed by atoms with Gasteiger partial charge in [-0.3, -0.25) is 0 Å². The third-order valence-electron chi connectivity index (χ3n) is 6.78. The van der Waals surface area contributed by atoms with Gasteiger partial charge in [-0.05, 0) is 59.7 Å². The largest absolute Gasteiger partial charge is 0.491 e. The van der Waals surface area contributed by atoms with Crippen molar-refractivity contribution in [2.45, 2.75) is 63.1 Å². The smallest absolute Gasteiger partial charge is 0.148 e. The number of hydrogen-bond acceptors (Lipinski definition) is 5. The zero-order chi connectivity index (χ0) is 25.5. The highest BCUT2D eigenvalue weighted by Crippen LogP contribution is 2.35. The molecule has 1 heterocycles. The monoisotopic (exact) mass is 520 g/mol. The van der Waals surface area contributed by atoms with Crippen LogP contribution in [0.5, 0.6) is 5.75 Å². The predicted molar refractivity (Wildman–Crippen MR) is 143 cm³/mol. The third-order valence-corrected chi connectivity index (χ3v) is 7.15. The number of hydrogen-bond donors (Lipinski definition) is 0. The summed E-state index contributed by atoms with van der Waals surface area (Å²) >= 11 is 6.57. The molecule has 3 aromatic carbocycles. The quantitative estimate of drug-likeness (QED) is 0.202. The van der Waals surface area contributed by atoms with Crippen molar-refractivity contribution in [1.29, 1.82) is 0 Å². The van der Waals surface area contributed by atoms with Crippen molar-refractivity contribution >= 4 is 17.9 Å². The summed E-state index contributed by atoms with van der Waals surface area (Å²) in [5, 5.41) is 0.709.